The third-order valence-electron chi connectivity index (χ3n) is 4.62. The van der Waals surface area contributed by atoms with E-state index in [0.717, 1.165) is 25.8 Å². The highest BCUT2D eigenvalue weighted by atomic mass is 32.1. The van der Waals surface area contributed by atoms with E-state index in [0.29, 0.717) is 18.8 Å². The number of rotatable bonds is 12. The van der Waals surface area contributed by atoms with Crippen LogP contribution >= 0.6 is 12.6 Å². The highest BCUT2D eigenvalue weighted by molar-refractivity contribution is 7.80. The Kier molecular flexibility index (Phi) is 10.9. The van der Waals surface area contributed by atoms with E-state index in [4.69, 9.17) is 5.73 Å². The summed E-state index contributed by atoms with van der Waals surface area (Å²) in [7, 11) is 0. The predicted molar refractivity (Wildman–Crippen MR) is 110 cm³/mol. The van der Waals surface area contributed by atoms with Gasteiger partial charge < -0.3 is 16.0 Å². The second kappa shape index (κ2) is 12.3. The van der Waals surface area contributed by atoms with Crippen molar-refractivity contribution in [3.05, 3.63) is 35.9 Å². The maximum atomic E-state index is 13.3. The molecule has 25 heavy (non-hydrogen) atoms. The first kappa shape index (κ1) is 22.0. The van der Waals surface area contributed by atoms with Crippen molar-refractivity contribution in [3.8, 4) is 0 Å². The van der Waals surface area contributed by atoms with Gasteiger partial charge in [-0.25, -0.2) is 0 Å². The van der Waals surface area contributed by atoms with Crippen LogP contribution in [0.15, 0.2) is 30.3 Å². The summed E-state index contributed by atoms with van der Waals surface area (Å²) in [5.41, 5.74) is 7.15. The number of thiol groups is 1. The van der Waals surface area contributed by atoms with Gasteiger partial charge in [0, 0.05) is 31.4 Å². The van der Waals surface area contributed by atoms with E-state index in [2.05, 4.69) is 50.8 Å². The lowest BCUT2D eigenvalue weighted by Gasteiger charge is -2.31. The monoisotopic (exact) mass is 365 g/mol. The summed E-state index contributed by atoms with van der Waals surface area (Å²) in [6.45, 7) is 8.46. The molecule has 1 rings (SSSR count). The van der Waals surface area contributed by atoms with Crippen molar-refractivity contribution in [1.29, 1.82) is 0 Å². The summed E-state index contributed by atoms with van der Waals surface area (Å²) < 4.78 is 0. The molecule has 0 saturated heterocycles. The lowest BCUT2D eigenvalue weighted by Crippen LogP contribution is -2.52. The van der Waals surface area contributed by atoms with Crippen LogP contribution in [-0.4, -0.2) is 41.7 Å². The molecule has 0 aliphatic carbocycles. The predicted octanol–water partition coefficient (Wildman–Crippen LogP) is 3.08. The molecule has 142 valence electrons. The van der Waals surface area contributed by atoms with Gasteiger partial charge in [0.2, 0.25) is 5.91 Å². The summed E-state index contributed by atoms with van der Waals surface area (Å²) >= 11 is 4.24. The van der Waals surface area contributed by atoms with E-state index in [1.807, 2.05) is 23.1 Å². The Labute approximate surface area is 159 Å². The van der Waals surface area contributed by atoms with Crippen molar-refractivity contribution in [2.45, 2.75) is 58.7 Å². The molecular formula is C20H35N3OS. The number of nitrogens with one attached hydrogen (secondary N) is 1. The summed E-state index contributed by atoms with van der Waals surface area (Å²) in [6, 6.07) is 9.97. The zero-order chi connectivity index (χ0) is 18.7. The van der Waals surface area contributed by atoms with E-state index in [-0.39, 0.29) is 23.9 Å². The highest BCUT2D eigenvalue weighted by Crippen LogP contribution is 2.14. The van der Waals surface area contributed by atoms with Gasteiger partial charge in [-0.1, -0.05) is 63.9 Å². The van der Waals surface area contributed by atoms with Crippen molar-refractivity contribution in [2.75, 3.05) is 18.8 Å². The molecule has 1 aromatic carbocycles. The molecule has 0 aromatic heterocycles. The minimum Gasteiger partial charge on any atom is -0.337 e. The van der Waals surface area contributed by atoms with Crippen LogP contribution in [-0.2, 0) is 11.3 Å². The van der Waals surface area contributed by atoms with Gasteiger partial charge in [0.15, 0.2) is 0 Å². The maximum absolute atomic E-state index is 13.3. The molecule has 1 unspecified atom stereocenters. The second-order valence-electron chi connectivity index (χ2n) is 6.81. The van der Waals surface area contributed by atoms with Crippen molar-refractivity contribution < 1.29 is 4.79 Å². The fourth-order valence-electron chi connectivity index (χ4n) is 2.73. The molecule has 0 spiro atoms. The van der Waals surface area contributed by atoms with Gasteiger partial charge in [0.1, 0.15) is 0 Å². The minimum atomic E-state index is -0.198. The van der Waals surface area contributed by atoms with E-state index >= 15 is 0 Å². The Morgan fingerprint density at radius 1 is 1.28 bits per heavy atom. The third kappa shape index (κ3) is 7.80. The largest absolute Gasteiger partial charge is 0.337 e. The molecule has 0 saturated carbocycles. The molecule has 5 heteroatoms. The zero-order valence-electron chi connectivity index (χ0n) is 15.9. The molecule has 0 fully saturated rings. The SMILES string of the molecule is CCCCN(Cc1ccccc1)C(=O)[C@@H](NC[C@@H](N)CS)C(C)CC. The lowest BCUT2D eigenvalue weighted by atomic mass is 9.97. The smallest absolute Gasteiger partial charge is 0.240 e. The zero-order valence-corrected chi connectivity index (χ0v) is 16.8. The third-order valence-corrected chi connectivity index (χ3v) is 5.09. The lowest BCUT2D eigenvalue weighted by molar-refractivity contribution is -0.135. The Hall–Kier alpha value is -1.04. The van der Waals surface area contributed by atoms with E-state index in [1.54, 1.807) is 0 Å². The summed E-state index contributed by atoms with van der Waals surface area (Å²) in [5.74, 6) is 1.05. The highest BCUT2D eigenvalue weighted by Gasteiger charge is 2.28. The van der Waals surface area contributed by atoms with Crippen LogP contribution in [0.5, 0.6) is 0 Å². The number of nitrogens with zero attached hydrogens (tertiary/aromatic N) is 1. The Morgan fingerprint density at radius 3 is 2.52 bits per heavy atom. The standard InChI is InChI=1S/C20H35N3OS/c1-4-6-12-23(14-17-10-8-7-9-11-17)20(24)19(16(3)5-2)22-13-18(21)15-25/h7-11,16,18-19,22,25H,4-6,12-15,21H2,1-3H3/t16?,18-,19+/m1/s1. The first-order chi connectivity index (χ1) is 12.0. The van der Waals surface area contributed by atoms with Gasteiger partial charge in [-0.15, -0.1) is 0 Å². The van der Waals surface area contributed by atoms with Gasteiger partial charge >= 0.3 is 0 Å². The second-order valence-corrected chi connectivity index (χ2v) is 7.18. The van der Waals surface area contributed by atoms with E-state index in [9.17, 15) is 4.79 Å². The quantitative estimate of drug-likeness (QED) is 0.499. The summed E-state index contributed by atoms with van der Waals surface area (Å²) in [5, 5.41) is 3.40. The fraction of sp³-hybridized carbons (Fsp3) is 0.650. The van der Waals surface area contributed by atoms with Crippen molar-refractivity contribution in [1.82, 2.24) is 10.2 Å². The van der Waals surface area contributed by atoms with Crippen LogP contribution in [0.4, 0.5) is 0 Å². The number of carbonyl (C=O) groups is 1. The van der Waals surface area contributed by atoms with Crippen molar-refractivity contribution in [3.63, 3.8) is 0 Å². The topological polar surface area (TPSA) is 58.4 Å². The van der Waals surface area contributed by atoms with E-state index < -0.39 is 0 Å². The molecule has 0 radical (unpaired) electrons. The van der Waals surface area contributed by atoms with Gasteiger partial charge in [-0.3, -0.25) is 4.79 Å². The van der Waals surface area contributed by atoms with Crippen LogP contribution in [0.1, 0.15) is 45.6 Å². The number of unbranched alkanes of at least 4 members (excludes halogenated alkanes) is 1. The van der Waals surface area contributed by atoms with Gasteiger partial charge in [0.05, 0.1) is 6.04 Å². The molecule has 4 nitrogen and oxygen atoms in total. The number of hydrogen-bond donors (Lipinski definition) is 3. The van der Waals surface area contributed by atoms with Crippen molar-refractivity contribution >= 4 is 18.5 Å². The molecule has 0 aliphatic heterocycles. The van der Waals surface area contributed by atoms with Crippen molar-refractivity contribution in [2.24, 2.45) is 11.7 Å². The van der Waals surface area contributed by atoms with Gasteiger partial charge in [-0.05, 0) is 17.9 Å². The molecule has 3 N–H and O–H groups in total. The molecule has 1 amide bonds. The molecule has 0 heterocycles. The molecule has 0 aliphatic rings. The molecule has 3 atom stereocenters. The van der Waals surface area contributed by atoms with E-state index in [1.165, 1.54) is 5.56 Å². The maximum Gasteiger partial charge on any atom is 0.240 e. The molecular weight excluding hydrogens is 330 g/mol. The Bertz CT molecular complexity index is 483. The number of nitrogens with two attached hydrogens (primary N) is 1. The normalized spacial score (nSPS) is 14.8. The van der Waals surface area contributed by atoms with Crippen LogP contribution in [0, 0.1) is 5.92 Å². The van der Waals surface area contributed by atoms with Crippen LogP contribution in [0.2, 0.25) is 0 Å². The molecule has 1 aromatic rings. The first-order valence-electron chi connectivity index (χ1n) is 9.45. The Balaban J connectivity index is 2.87. The first-order valence-corrected chi connectivity index (χ1v) is 10.1. The number of hydrogen-bond acceptors (Lipinski definition) is 4. The van der Waals surface area contributed by atoms with Gasteiger partial charge in [-0.2, -0.15) is 12.6 Å². The van der Waals surface area contributed by atoms with Crippen LogP contribution in [0.3, 0.4) is 0 Å². The van der Waals surface area contributed by atoms with Crippen LogP contribution < -0.4 is 11.1 Å². The van der Waals surface area contributed by atoms with Crippen LogP contribution in [0.25, 0.3) is 0 Å². The van der Waals surface area contributed by atoms with Gasteiger partial charge in [0.25, 0.3) is 0 Å². The molecule has 0 bridgehead atoms. The summed E-state index contributed by atoms with van der Waals surface area (Å²) in [4.78, 5) is 15.3. The number of benzene rings is 1. The summed E-state index contributed by atoms with van der Waals surface area (Å²) in [6.07, 6.45) is 3.04. The number of carbonyl (C=O) groups excluding carboxylic acids is 1. The fourth-order valence-corrected chi connectivity index (χ4v) is 2.86. The minimum absolute atomic E-state index is 0.0408. The average molecular weight is 366 g/mol. The number of amides is 1. The Morgan fingerprint density at radius 2 is 1.96 bits per heavy atom. The average Bonchev–Trinajstić information content (AvgIpc) is 2.65.